The maximum Gasteiger partial charge on any atom is 0.121 e. The lowest BCUT2D eigenvalue weighted by atomic mass is 10.1. The van der Waals surface area contributed by atoms with Crippen LogP contribution in [-0.2, 0) is 6.42 Å². The van der Waals surface area contributed by atoms with Crippen LogP contribution in [0.15, 0.2) is 59.6 Å². The Hall–Kier alpha value is -2.81. The molecule has 0 radical (unpaired) electrons. The van der Waals surface area contributed by atoms with Crippen LogP contribution in [0.25, 0.3) is 5.69 Å². The first-order chi connectivity index (χ1) is 12.1. The van der Waals surface area contributed by atoms with Crippen molar-refractivity contribution >= 4 is 11.9 Å². The molecule has 3 nitrogen and oxygen atoms in total. The van der Waals surface area contributed by atoms with Gasteiger partial charge in [-0.25, -0.2) is 0 Å². The largest absolute Gasteiger partial charge is 0.497 e. The number of rotatable bonds is 5. The van der Waals surface area contributed by atoms with Gasteiger partial charge in [0.2, 0.25) is 0 Å². The first-order valence-corrected chi connectivity index (χ1v) is 8.58. The summed E-state index contributed by atoms with van der Waals surface area (Å²) in [4.78, 5) is 4.60. The first-order valence-electron chi connectivity index (χ1n) is 8.58. The summed E-state index contributed by atoms with van der Waals surface area (Å²) in [6.07, 6.45) is 2.98. The van der Waals surface area contributed by atoms with Gasteiger partial charge >= 0.3 is 0 Å². The number of benzene rings is 2. The molecule has 0 bridgehead atoms. The topological polar surface area (TPSA) is 26.5 Å². The molecule has 0 spiro atoms. The molecule has 0 fully saturated rings. The smallest absolute Gasteiger partial charge is 0.121 e. The third-order valence-electron chi connectivity index (χ3n) is 4.48. The van der Waals surface area contributed by atoms with Crippen molar-refractivity contribution in [3.8, 4) is 11.4 Å². The average Bonchev–Trinajstić information content (AvgIpc) is 2.94. The number of aromatic nitrogens is 1. The highest BCUT2D eigenvalue weighted by Crippen LogP contribution is 2.23. The zero-order valence-corrected chi connectivity index (χ0v) is 15.3. The summed E-state index contributed by atoms with van der Waals surface area (Å²) < 4.78 is 7.52. The van der Waals surface area contributed by atoms with E-state index < -0.39 is 0 Å². The third kappa shape index (κ3) is 3.66. The molecule has 3 heteroatoms. The van der Waals surface area contributed by atoms with Crippen LogP contribution < -0.4 is 4.74 Å². The Labute approximate surface area is 149 Å². The fourth-order valence-electron chi connectivity index (χ4n) is 3.03. The Morgan fingerprint density at radius 2 is 1.80 bits per heavy atom. The van der Waals surface area contributed by atoms with Gasteiger partial charge < -0.3 is 9.30 Å². The predicted octanol–water partition coefficient (Wildman–Crippen LogP) is 5.42. The van der Waals surface area contributed by atoms with E-state index in [2.05, 4.69) is 60.7 Å². The molecule has 3 aromatic rings. The van der Waals surface area contributed by atoms with Gasteiger partial charge in [0.15, 0.2) is 0 Å². The number of aryl methyl sites for hydroxylation is 2. The summed E-state index contributed by atoms with van der Waals surface area (Å²) >= 11 is 0. The molecule has 0 aliphatic rings. The summed E-state index contributed by atoms with van der Waals surface area (Å²) in [7, 11) is 1.67. The molecule has 128 valence electrons. The van der Waals surface area contributed by atoms with Gasteiger partial charge in [0.05, 0.1) is 12.8 Å². The minimum Gasteiger partial charge on any atom is -0.497 e. The average molecular weight is 332 g/mol. The zero-order valence-electron chi connectivity index (χ0n) is 15.3. The van der Waals surface area contributed by atoms with Gasteiger partial charge in [0.25, 0.3) is 0 Å². The SMILES string of the molecule is CCc1ccc(-n2c(C)cc(C=Nc3cccc(OC)c3)c2C)cc1. The van der Waals surface area contributed by atoms with Crippen molar-refractivity contribution < 1.29 is 4.74 Å². The molecule has 0 amide bonds. The molecular formula is C22H24N2O. The molecule has 0 unspecified atom stereocenters. The maximum atomic E-state index is 5.25. The fraction of sp³-hybridized carbons (Fsp3) is 0.227. The third-order valence-corrected chi connectivity index (χ3v) is 4.48. The van der Waals surface area contributed by atoms with Gasteiger partial charge in [-0.3, -0.25) is 4.99 Å². The van der Waals surface area contributed by atoms with Crippen LogP contribution in [0.2, 0.25) is 0 Å². The minimum atomic E-state index is 0.816. The summed E-state index contributed by atoms with van der Waals surface area (Å²) in [5.41, 5.74) is 6.94. The number of nitrogens with zero attached hydrogens (tertiary/aromatic N) is 2. The second-order valence-electron chi connectivity index (χ2n) is 6.14. The van der Waals surface area contributed by atoms with Crippen LogP contribution in [0.5, 0.6) is 5.75 Å². The van der Waals surface area contributed by atoms with E-state index in [-0.39, 0.29) is 0 Å². The highest BCUT2D eigenvalue weighted by Gasteiger charge is 2.09. The number of hydrogen-bond acceptors (Lipinski definition) is 2. The standard InChI is InChI=1S/C22H24N2O/c1-5-18-9-11-21(12-10-18)24-16(2)13-19(17(24)3)15-23-20-7-6-8-22(14-20)25-4/h6-15H,5H2,1-4H3. The number of ether oxygens (including phenoxy) is 1. The van der Waals surface area contributed by atoms with E-state index in [1.807, 2.05) is 30.5 Å². The van der Waals surface area contributed by atoms with Crippen molar-refractivity contribution in [2.45, 2.75) is 27.2 Å². The van der Waals surface area contributed by atoms with Crippen molar-refractivity contribution in [2.75, 3.05) is 7.11 Å². The quantitative estimate of drug-likeness (QED) is 0.573. The summed E-state index contributed by atoms with van der Waals surface area (Å²) in [5.74, 6) is 0.816. The molecule has 2 aromatic carbocycles. The van der Waals surface area contributed by atoms with Crippen LogP contribution >= 0.6 is 0 Å². The highest BCUT2D eigenvalue weighted by molar-refractivity contribution is 5.84. The lowest BCUT2D eigenvalue weighted by Crippen LogP contribution is -1.99. The maximum absolute atomic E-state index is 5.25. The molecule has 25 heavy (non-hydrogen) atoms. The van der Waals surface area contributed by atoms with Crippen LogP contribution in [-0.4, -0.2) is 17.9 Å². The predicted molar refractivity (Wildman–Crippen MR) is 105 cm³/mol. The molecule has 0 saturated heterocycles. The Bertz CT molecular complexity index is 889. The number of hydrogen-bond donors (Lipinski definition) is 0. The lowest BCUT2D eigenvalue weighted by Gasteiger charge is -2.10. The Morgan fingerprint density at radius 1 is 1.04 bits per heavy atom. The van der Waals surface area contributed by atoms with Crippen molar-refractivity contribution in [3.05, 3.63) is 77.1 Å². The highest BCUT2D eigenvalue weighted by atomic mass is 16.5. The van der Waals surface area contributed by atoms with Gasteiger partial charge in [-0.15, -0.1) is 0 Å². The summed E-state index contributed by atoms with van der Waals surface area (Å²) in [5, 5.41) is 0. The Kier molecular flexibility index (Phi) is 5.03. The van der Waals surface area contributed by atoms with E-state index >= 15 is 0 Å². The first kappa shape index (κ1) is 17.0. The van der Waals surface area contributed by atoms with E-state index in [1.54, 1.807) is 7.11 Å². The van der Waals surface area contributed by atoms with Crippen molar-refractivity contribution in [1.82, 2.24) is 4.57 Å². The van der Waals surface area contributed by atoms with Gasteiger partial charge in [-0.1, -0.05) is 25.1 Å². The van der Waals surface area contributed by atoms with Gasteiger partial charge in [-0.2, -0.15) is 0 Å². The number of aliphatic imine (C=N–C) groups is 1. The van der Waals surface area contributed by atoms with E-state index in [0.717, 1.165) is 23.4 Å². The normalized spacial score (nSPS) is 11.2. The van der Waals surface area contributed by atoms with Crippen molar-refractivity contribution in [2.24, 2.45) is 4.99 Å². The van der Waals surface area contributed by atoms with E-state index in [1.165, 1.54) is 22.6 Å². The van der Waals surface area contributed by atoms with E-state index in [9.17, 15) is 0 Å². The fourth-order valence-corrected chi connectivity index (χ4v) is 3.03. The summed E-state index contributed by atoms with van der Waals surface area (Å²) in [6, 6.07) is 18.7. The molecule has 0 aliphatic carbocycles. The zero-order chi connectivity index (χ0) is 17.8. The van der Waals surface area contributed by atoms with E-state index in [4.69, 9.17) is 4.74 Å². The van der Waals surface area contributed by atoms with Gasteiger partial charge in [0, 0.05) is 34.9 Å². The molecule has 0 atom stereocenters. The molecule has 3 rings (SSSR count). The molecule has 1 aromatic heterocycles. The van der Waals surface area contributed by atoms with Crippen LogP contribution in [0.3, 0.4) is 0 Å². The summed E-state index contributed by atoms with van der Waals surface area (Å²) in [6.45, 7) is 6.44. The van der Waals surface area contributed by atoms with E-state index in [0.29, 0.717) is 0 Å². The molecule has 1 heterocycles. The lowest BCUT2D eigenvalue weighted by molar-refractivity contribution is 0.415. The monoisotopic (exact) mass is 332 g/mol. The second kappa shape index (κ2) is 7.39. The van der Waals surface area contributed by atoms with Gasteiger partial charge in [0.1, 0.15) is 5.75 Å². The molecule has 0 saturated carbocycles. The minimum absolute atomic E-state index is 0.816. The number of methoxy groups -OCH3 is 1. The van der Waals surface area contributed by atoms with Crippen molar-refractivity contribution in [1.29, 1.82) is 0 Å². The Morgan fingerprint density at radius 3 is 2.48 bits per heavy atom. The van der Waals surface area contributed by atoms with Crippen LogP contribution in [0, 0.1) is 13.8 Å². The molecule has 0 aliphatic heterocycles. The van der Waals surface area contributed by atoms with Gasteiger partial charge in [-0.05, 0) is 56.2 Å². The van der Waals surface area contributed by atoms with Crippen LogP contribution in [0.1, 0.15) is 29.4 Å². The van der Waals surface area contributed by atoms with Crippen LogP contribution in [0.4, 0.5) is 5.69 Å². The van der Waals surface area contributed by atoms with Crippen molar-refractivity contribution in [3.63, 3.8) is 0 Å². The second-order valence-corrected chi connectivity index (χ2v) is 6.14. The molecule has 0 N–H and O–H groups in total. The molecular weight excluding hydrogens is 308 g/mol. The Balaban J connectivity index is 1.92.